The van der Waals surface area contributed by atoms with Gasteiger partial charge in [-0.2, -0.15) is 17.0 Å². The van der Waals surface area contributed by atoms with Crippen molar-refractivity contribution >= 4 is 17.6 Å². The van der Waals surface area contributed by atoms with E-state index in [1.54, 1.807) is 0 Å². The lowest BCUT2D eigenvalue weighted by atomic mass is 9.97. The van der Waals surface area contributed by atoms with Crippen molar-refractivity contribution in [1.82, 2.24) is 9.97 Å². The largest absolute Gasteiger partial charge is 0.388 e. The molecule has 2 rings (SSSR count). The van der Waals surface area contributed by atoms with Gasteiger partial charge in [-0.05, 0) is 24.3 Å². The lowest BCUT2D eigenvalue weighted by molar-refractivity contribution is 0.0453. The highest BCUT2D eigenvalue weighted by Crippen LogP contribution is 2.27. The number of hydrogen-bond donors (Lipinski definition) is 2. The molecule has 1 aromatic heterocycles. The van der Waals surface area contributed by atoms with E-state index in [1.807, 2.05) is 17.8 Å². The molecule has 0 atom stereocenters. The van der Waals surface area contributed by atoms with Crippen molar-refractivity contribution in [2.45, 2.75) is 18.4 Å². The van der Waals surface area contributed by atoms with E-state index in [1.165, 1.54) is 12.4 Å². The van der Waals surface area contributed by atoms with Crippen LogP contribution in [0.25, 0.3) is 0 Å². The molecule has 0 aliphatic carbocycles. The Bertz CT molecular complexity index is 426. The fourth-order valence-corrected chi connectivity index (χ4v) is 2.98. The Balaban J connectivity index is 2.00. The van der Waals surface area contributed by atoms with E-state index < -0.39 is 5.60 Å². The van der Waals surface area contributed by atoms with Crippen LogP contribution in [0.1, 0.15) is 18.5 Å². The minimum atomic E-state index is -0.685. The van der Waals surface area contributed by atoms with Crippen LogP contribution in [-0.2, 0) is 0 Å². The van der Waals surface area contributed by atoms with Crippen LogP contribution in [0.15, 0.2) is 12.4 Å². The molecule has 1 aliphatic heterocycles. The van der Waals surface area contributed by atoms with E-state index >= 15 is 0 Å². The zero-order valence-electron chi connectivity index (χ0n) is 9.39. The number of nitrogens with zero attached hydrogens (tertiary/aromatic N) is 3. The highest BCUT2D eigenvalue weighted by atomic mass is 32.2. The van der Waals surface area contributed by atoms with Crippen LogP contribution < -0.4 is 5.32 Å². The molecule has 1 aromatic rings. The average molecular weight is 250 g/mol. The minimum Gasteiger partial charge on any atom is -0.388 e. The van der Waals surface area contributed by atoms with E-state index in [9.17, 15) is 5.11 Å². The van der Waals surface area contributed by atoms with E-state index in [0.29, 0.717) is 12.4 Å². The van der Waals surface area contributed by atoms with Gasteiger partial charge in [0.15, 0.2) is 11.5 Å². The molecule has 0 spiro atoms. The number of nitrogens with one attached hydrogen (secondary N) is 1. The van der Waals surface area contributed by atoms with Crippen molar-refractivity contribution in [3.8, 4) is 6.07 Å². The first-order chi connectivity index (χ1) is 8.23. The van der Waals surface area contributed by atoms with Crippen LogP contribution in [0.2, 0.25) is 0 Å². The van der Waals surface area contributed by atoms with Crippen molar-refractivity contribution < 1.29 is 5.11 Å². The zero-order chi connectivity index (χ0) is 12.1. The van der Waals surface area contributed by atoms with Crippen LogP contribution in [0.5, 0.6) is 0 Å². The maximum atomic E-state index is 10.3. The second kappa shape index (κ2) is 5.34. The molecule has 1 saturated heterocycles. The first-order valence-electron chi connectivity index (χ1n) is 5.49. The van der Waals surface area contributed by atoms with Gasteiger partial charge >= 0.3 is 0 Å². The highest BCUT2D eigenvalue weighted by Gasteiger charge is 2.29. The third-order valence-corrected chi connectivity index (χ3v) is 3.80. The molecular formula is C11H14N4OS. The van der Waals surface area contributed by atoms with Gasteiger partial charge in [0.2, 0.25) is 0 Å². The third kappa shape index (κ3) is 3.08. The molecule has 2 heterocycles. The van der Waals surface area contributed by atoms with Gasteiger partial charge in [0, 0.05) is 18.9 Å². The monoisotopic (exact) mass is 250 g/mol. The van der Waals surface area contributed by atoms with E-state index in [0.717, 1.165) is 24.3 Å². The molecule has 0 unspecified atom stereocenters. The average Bonchev–Trinajstić information content (AvgIpc) is 2.38. The molecule has 5 nitrogen and oxygen atoms in total. The number of rotatable bonds is 3. The number of aliphatic hydroxyl groups is 1. The van der Waals surface area contributed by atoms with Gasteiger partial charge in [-0.15, -0.1) is 0 Å². The number of anilines is 1. The Morgan fingerprint density at radius 2 is 2.12 bits per heavy atom. The molecule has 0 saturated carbocycles. The molecule has 0 aromatic carbocycles. The van der Waals surface area contributed by atoms with Crippen LogP contribution >= 0.6 is 11.8 Å². The summed E-state index contributed by atoms with van der Waals surface area (Å²) < 4.78 is 0. The van der Waals surface area contributed by atoms with Gasteiger partial charge in [-0.1, -0.05) is 0 Å². The molecule has 0 bridgehead atoms. The van der Waals surface area contributed by atoms with Gasteiger partial charge in [-0.3, -0.25) is 0 Å². The van der Waals surface area contributed by atoms with Crippen molar-refractivity contribution in [2.24, 2.45) is 0 Å². The summed E-state index contributed by atoms with van der Waals surface area (Å²) in [5, 5.41) is 22.2. The molecule has 0 radical (unpaired) electrons. The predicted molar refractivity (Wildman–Crippen MR) is 66.7 cm³/mol. The van der Waals surface area contributed by atoms with Gasteiger partial charge in [0.1, 0.15) is 6.07 Å². The fraction of sp³-hybridized carbons (Fsp3) is 0.545. The van der Waals surface area contributed by atoms with Crippen LogP contribution in [0, 0.1) is 11.3 Å². The van der Waals surface area contributed by atoms with Gasteiger partial charge in [0.25, 0.3) is 0 Å². The van der Waals surface area contributed by atoms with E-state index in [2.05, 4.69) is 15.3 Å². The summed E-state index contributed by atoms with van der Waals surface area (Å²) in [6, 6.07) is 1.97. The maximum Gasteiger partial charge on any atom is 0.182 e. The van der Waals surface area contributed by atoms with Crippen molar-refractivity contribution in [2.75, 3.05) is 23.4 Å². The first kappa shape index (κ1) is 12.1. The summed E-state index contributed by atoms with van der Waals surface area (Å²) in [5.41, 5.74) is -0.420. The van der Waals surface area contributed by atoms with E-state index in [4.69, 9.17) is 5.26 Å². The van der Waals surface area contributed by atoms with E-state index in [-0.39, 0.29) is 5.69 Å². The highest BCUT2D eigenvalue weighted by molar-refractivity contribution is 7.99. The lowest BCUT2D eigenvalue weighted by Crippen LogP contribution is -2.40. The van der Waals surface area contributed by atoms with Gasteiger partial charge in [-0.25, -0.2) is 9.97 Å². The Morgan fingerprint density at radius 3 is 2.82 bits per heavy atom. The molecule has 17 heavy (non-hydrogen) atoms. The minimum absolute atomic E-state index is 0.265. The summed E-state index contributed by atoms with van der Waals surface area (Å²) in [7, 11) is 0. The molecule has 6 heteroatoms. The first-order valence-corrected chi connectivity index (χ1v) is 6.64. The second-order valence-electron chi connectivity index (χ2n) is 4.06. The van der Waals surface area contributed by atoms with Crippen molar-refractivity contribution in [1.29, 1.82) is 5.26 Å². The molecule has 2 N–H and O–H groups in total. The summed E-state index contributed by atoms with van der Waals surface area (Å²) >= 11 is 1.86. The number of hydrogen-bond acceptors (Lipinski definition) is 6. The standard InChI is InChI=1S/C11H14N4OS/c12-7-9-10(14-4-3-13-9)15-8-11(16)1-5-17-6-2-11/h3-4,16H,1-2,5-6,8H2,(H,14,15). The molecule has 1 aliphatic rings. The summed E-state index contributed by atoms with van der Waals surface area (Å²) in [4.78, 5) is 7.96. The summed E-state index contributed by atoms with van der Waals surface area (Å²) in [6.45, 7) is 0.418. The van der Waals surface area contributed by atoms with Gasteiger partial charge in [0.05, 0.1) is 5.60 Å². The number of nitriles is 1. The lowest BCUT2D eigenvalue weighted by Gasteiger charge is -2.31. The van der Waals surface area contributed by atoms with Gasteiger partial charge < -0.3 is 10.4 Å². The molecule has 1 fully saturated rings. The molecular weight excluding hydrogens is 236 g/mol. The molecule has 0 amide bonds. The Kier molecular flexibility index (Phi) is 3.82. The van der Waals surface area contributed by atoms with Crippen molar-refractivity contribution in [3.05, 3.63) is 18.1 Å². The second-order valence-corrected chi connectivity index (χ2v) is 5.28. The van der Waals surface area contributed by atoms with Crippen LogP contribution in [0.3, 0.4) is 0 Å². The third-order valence-electron chi connectivity index (χ3n) is 2.81. The fourth-order valence-electron chi connectivity index (χ4n) is 1.73. The Hall–Kier alpha value is -1.32. The number of thioether (sulfide) groups is 1. The van der Waals surface area contributed by atoms with Crippen LogP contribution in [-0.4, -0.2) is 38.7 Å². The summed E-state index contributed by atoms with van der Waals surface area (Å²) in [5.74, 6) is 2.40. The quantitative estimate of drug-likeness (QED) is 0.833. The predicted octanol–water partition coefficient (Wildman–Crippen LogP) is 1.02. The zero-order valence-corrected chi connectivity index (χ0v) is 10.2. The number of aromatic nitrogens is 2. The molecule has 90 valence electrons. The Morgan fingerprint density at radius 1 is 1.41 bits per heavy atom. The summed E-state index contributed by atoms with van der Waals surface area (Å²) in [6.07, 6.45) is 4.55. The smallest absolute Gasteiger partial charge is 0.182 e. The van der Waals surface area contributed by atoms with Crippen LogP contribution in [0.4, 0.5) is 5.82 Å². The van der Waals surface area contributed by atoms with Crippen molar-refractivity contribution in [3.63, 3.8) is 0 Å². The Labute approximate surface area is 104 Å². The SMILES string of the molecule is N#Cc1nccnc1NCC1(O)CCSCC1. The topological polar surface area (TPSA) is 81.8 Å². The maximum absolute atomic E-state index is 10.3. The normalized spacial score (nSPS) is 18.4.